The lowest BCUT2D eigenvalue weighted by Crippen LogP contribution is -2.53. The van der Waals surface area contributed by atoms with Crippen molar-refractivity contribution in [2.45, 2.75) is 44.2 Å². The van der Waals surface area contributed by atoms with Gasteiger partial charge in [-0.1, -0.05) is 106 Å². The molecule has 0 bridgehead atoms. The van der Waals surface area contributed by atoms with Gasteiger partial charge in [-0.3, -0.25) is 13.9 Å². The molecule has 0 fully saturated rings. The zero-order chi connectivity index (χ0) is 32.6. The second-order valence-electron chi connectivity index (χ2n) is 10.6. The van der Waals surface area contributed by atoms with Crippen molar-refractivity contribution in [1.29, 1.82) is 0 Å². The summed E-state index contributed by atoms with van der Waals surface area (Å²) < 4.78 is 30.1. The first-order valence-electron chi connectivity index (χ1n) is 14.4. The van der Waals surface area contributed by atoms with E-state index in [1.54, 1.807) is 12.1 Å². The van der Waals surface area contributed by atoms with Crippen molar-refractivity contribution in [3.8, 4) is 0 Å². The minimum absolute atomic E-state index is 0.00652. The van der Waals surface area contributed by atoms with Crippen LogP contribution in [0.2, 0.25) is 10.0 Å². The van der Waals surface area contributed by atoms with Gasteiger partial charge in [0.05, 0.1) is 20.6 Å². The molecule has 4 aromatic carbocycles. The van der Waals surface area contributed by atoms with E-state index in [0.29, 0.717) is 13.0 Å². The first-order chi connectivity index (χ1) is 21.5. The van der Waals surface area contributed by atoms with Crippen LogP contribution in [0.5, 0.6) is 0 Å². The number of carbonyl (C=O) groups excluding carboxylic acids is 2. The van der Waals surface area contributed by atoms with Gasteiger partial charge >= 0.3 is 0 Å². The Balaban J connectivity index is 1.81. The molecule has 0 spiro atoms. The van der Waals surface area contributed by atoms with Crippen LogP contribution in [0.4, 0.5) is 5.69 Å². The smallest absolute Gasteiger partial charge is 0.264 e. The molecular formula is C34H34BrCl2N3O4S. The van der Waals surface area contributed by atoms with Crippen LogP contribution in [0.3, 0.4) is 0 Å². The molecule has 4 rings (SSSR count). The van der Waals surface area contributed by atoms with Gasteiger partial charge in [0, 0.05) is 24.0 Å². The van der Waals surface area contributed by atoms with Crippen LogP contribution in [0.1, 0.15) is 30.0 Å². The Morgan fingerprint density at radius 2 is 1.56 bits per heavy atom. The molecule has 11 heteroatoms. The lowest BCUT2D eigenvalue weighted by atomic mass is 10.0. The molecule has 0 heterocycles. The Morgan fingerprint density at radius 3 is 2.20 bits per heavy atom. The molecule has 0 radical (unpaired) electrons. The molecule has 45 heavy (non-hydrogen) atoms. The Morgan fingerprint density at radius 1 is 0.867 bits per heavy atom. The summed E-state index contributed by atoms with van der Waals surface area (Å²) in [7, 11) is -4.25. The summed E-state index contributed by atoms with van der Waals surface area (Å²) in [6.45, 7) is 3.71. The summed E-state index contributed by atoms with van der Waals surface area (Å²) in [4.78, 5) is 29.7. The first kappa shape index (κ1) is 34.5. The Labute approximate surface area is 283 Å². The highest BCUT2D eigenvalue weighted by molar-refractivity contribution is 9.10. The summed E-state index contributed by atoms with van der Waals surface area (Å²) in [6, 6.07) is 26.7. The van der Waals surface area contributed by atoms with E-state index in [-0.39, 0.29) is 39.5 Å². The minimum atomic E-state index is -4.25. The zero-order valence-electron chi connectivity index (χ0n) is 24.9. The van der Waals surface area contributed by atoms with E-state index in [9.17, 15) is 18.0 Å². The highest BCUT2D eigenvalue weighted by Crippen LogP contribution is 2.31. The van der Waals surface area contributed by atoms with Crippen LogP contribution in [-0.2, 0) is 32.6 Å². The van der Waals surface area contributed by atoms with Crippen molar-refractivity contribution in [1.82, 2.24) is 10.2 Å². The third-order valence-corrected chi connectivity index (χ3v) is 10.2. The van der Waals surface area contributed by atoms with E-state index in [0.717, 1.165) is 25.5 Å². The Hall–Kier alpha value is -3.37. The number of rotatable bonds is 13. The average Bonchev–Trinajstić information content (AvgIpc) is 3.02. The molecule has 0 unspecified atom stereocenters. The number of hydrogen-bond donors (Lipinski definition) is 1. The van der Waals surface area contributed by atoms with E-state index in [1.165, 1.54) is 35.2 Å². The SMILES string of the molecule is CCCNC(=O)[C@@H](Cc1ccccc1)N(Cc1cccc(Br)c1)C(=O)CN(c1ccc(Cl)c(Cl)c1)S(=O)(=O)c1ccc(C)cc1. The van der Waals surface area contributed by atoms with Gasteiger partial charge in [-0.05, 0) is 66.9 Å². The Kier molecular flexibility index (Phi) is 12.1. The van der Waals surface area contributed by atoms with E-state index in [2.05, 4.69) is 21.2 Å². The monoisotopic (exact) mass is 729 g/mol. The van der Waals surface area contributed by atoms with Gasteiger partial charge in [0.15, 0.2) is 0 Å². The molecule has 0 aliphatic heterocycles. The summed E-state index contributed by atoms with van der Waals surface area (Å²) in [6.07, 6.45) is 0.941. The lowest BCUT2D eigenvalue weighted by molar-refractivity contribution is -0.140. The van der Waals surface area contributed by atoms with E-state index >= 15 is 0 Å². The largest absolute Gasteiger partial charge is 0.354 e. The number of aryl methyl sites for hydroxylation is 1. The van der Waals surface area contributed by atoms with Gasteiger partial charge < -0.3 is 10.2 Å². The summed E-state index contributed by atoms with van der Waals surface area (Å²) in [5.74, 6) is -0.893. The molecule has 0 saturated carbocycles. The predicted octanol–water partition coefficient (Wildman–Crippen LogP) is 7.43. The topological polar surface area (TPSA) is 86.8 Å². The van der Waals surface area contributed by atoms with Crippen molar-refractivity contribution in [3.63, 3.8) is 0 Å². The quantitative estimate of drug-likeness (QED) is 0.155. The second kappa shape index (κ2) is 15.8. The number of benzene rings is 4. The van der Waals surface area contributed by atoms with Crippen molar-refractivity contribution in [2.24, 2.45) is 0 Å². The number of amides is 2. The fraction of sp³-hybridized carbons (Fsp3) is 0.235. The van der Waals surface area contributed by atoms with Crippen molar-refractivity contribution < 1.29 is 18.0 Å². The first-order valence-corrected chi connectivity index (χ1v) is 17.4. The summed E-state index contributed by atoms with van der Waals surface area (Å²) >= 11 is 16.0. The number of nitrogens with one attached hydrogen (secondary N) is 1. The van der Waals surface area contributed by atoms with Crippen LogP contribution in [0.25, 0.3) is 0 Å². The number of halogens is 3. The molecule has 1 atom stereocenters. The zero-order valence-corrected chi connectivity index (χ0v) is 28.8. The van der Waals surface area contributed by atoms with E-state index in [1.807, 2.05) is 68.4 Å². The molecular weight excluding hydrogens is 697 g/mol. The van der Waals surface area contributed by atoms with Crippen LogP contribution in [0, 0.1) is 6.92 Å². The van der Waals surface area contributed by atoms with Crippen LogP contribution in [-0.4, -0.2) is 44.3 Å². The number of nitrogens with zero attached hydrogens (tertiary/aromatic N) is 2. The maximum absolute atomic E-state index is 14.5. The minimum Gasteiger partial charge on any atom is -0.354 e. The van der Waals surface area contributed by atoms with Gasteiger partial charge in [0.1, 0.15) is 12.6 Å². The molecule has 4 aromatic rings. The third-order valence-electron chi connectivity index (χ3n) is 7.14. The highest BCUT2D eigenvalue weighted by Gasteiger charge is 2.34. The van der Waals surface area contributed by atoms with Gasteiger partial charge in [-0.15, -0.1) is 0 Å². The predicted molar refractivity (Wildman–Crippen MR) is 184 cm³/mol. The van der Waals surface area contributed by atoms with Gasteiger partial charge in [-0.25, -0.2) is 8.42 Å². The molecule has 1 N–H and O–H groups in total. The van der Waals surface area contributed by atoms with Gasteiger partial charge in [0.2, 0.25) is 11.8 Å². The second-order valence-corrected chi connectivity index (χ2v) is 14.2. The number of carbonyl (C=O) groups is 2. The normalized spacial score (nSPS) is 11.9. The highest BCUT2D eigenvalue weighted by atomic mass is 79.9. The number of anilines is 1. The maximum atomic E-state index is 14.5. The molecule has 0 saturated heterocycles. The molecule has 0 aromatic heterocycles. The number of sulfonamides is 1. The molecule has 0 aliphatic rings. The molecule has 7 nitrogen and oxygen atoms in total. The van der Waals surface area contributed by atoms with Gasteiger partial charge in [0.25, 0.3) is 10.0 Å². The van der Waals surface area contributed by atoms with Crippen molar-refractivity contribution in [3.05, 3.63) is 128 Å². The van der Waals surface area contributed by atoms with E-state index in [4.69, 9.17) is 23.2 Å². The van der Waals surface area contributed by atoms with Crippen LogP contribution in [0.15, 0.2) is 106 Å². The summed E-state index contributed by atoms with van der Waals surface area (Å²) in [5.41, 5.74) is 2.67. The van der Waals surface area contributed by atoms with Gasteiger partial charge in [-0.2, -0.15) is 0 Å². The van der Waals surface area contributed by atoms with Crippen molar-refractivity contribution in [2.75, 3.05) is 17.4 Å². The standard InChI is InChI=1S/C34H34BrCl2N3O4S/c1-3-18-38-34(42)32(20-25-8-5-4-6-9-25)39(22-26-10-7-11-27(35)19-26)33(41)23-40(28-14-17-30(36)31(37)21-28)45(43,44)29-15-12-24(2)13-16-29/h4-17,19,21,32H,3,18,20,22-23H2,1-2H3,(H,38,42)/t32-/m1/s1. The number of hydrogen-bond acceptors (Lipinski definition) is 4. The fourth-order valence-electron chi connectivity index (χ4n) is 4.76. The van der Waals surface area contributed by atoms with E-state index < -0.39 is 28.5 Å². The lowest BCUT2D eigenvalue weighted by Gasteiger charge is -2.34. The molecule has 2 amide bonds. The average molecular weight is 732 g/mol. The van der Waals surface area contributed by atoms with Crippen LogP contribution < -0.4 is 9.62 Å². The fourth-order valence-corrected chi connectivity index (χ4v) is 6.90. The van der Waals surface area contributed by atoms with Crippen LogP contribution >= 0.6 is 39.1 Å². The molecule has 236 valence electrons. The third kappa shape index (κ3) is 9.10. The summed E-state index contributed by atoms with van der Waals surface area (Å²) in [5, 5.41) is 3.32. The molecule has 0 aliphatic carbocycles. The Bertz CT molecular complexity index is 1740. The van der Waals surface area contributed by atoms with Crippen molar-refractivity contribution >= 4 is 66.7 Å². The maximum Gasteiger partial charge on any atom is 0.264 e.